The summed E-state index contributed by atoms with van der Waals surface area (Å²) in [5.74, 6) is 0.521. The minimum absolute atomic E-state index is 0. The van der Waals surface area contributed by atoms with Gasteiger partial charge in [-0.2, -0.15) is 0 Å². The fraction of sp³-hybridized carbons (Fsp3) is 0.200. The first kappa shape index (κ1) is 11.2. The normalized spacial score (nSPS) is 9.86. The number of nitrogens with zero attached hydrogens (tertiary/aromatic N) is 2. The van der Waals surface area contributed by atoms with Crippen LogP contribution in [-0.2, 0) is 5.88 Å². The van der Waals surface area contributed by atoms with E-state index in [4.69, 9.17) is 11.6 Å². The standard InChI is InChI=1S/C10H9ClN2.ClH/c1-7-4-8(6-11)5-9-10(7)13-3-2-12-9;/h2-5H,6H2,1H3;1H. The average molecular weight is 229 g/mol. The van der Waals surface area contributed by atoms with Crippen molar-refractivity contribution in [2.24, 2.45) is 0 Å². The van der Waals surface area contributed by atoms with Crippen LogP contribution >= 0.6 is 24.0 Å². The van der Waals surface area contributed by atoms with Crippen molar-refractivity contribution in [3.63, 3.8) is 0 Å². The Kier molecular flexibility index (Phi) is 3.67. The lowest BCUT2D eigenvalue weighted by molar-refractivity contribution is 1.25. The summed E-state index contributed by atoms with van der Waals surface area (Å²) >= 11 is 5.75. The number of aryl methyl sites for hydroxylation is 1. The van der Waals surface area contributed by atoms with E-state index in [1.54, 1.807) is 12.4 Å². The first-order valence-corrected chi connectivity index (χ1v) is 4.61. The van der Waals surface area contributed by atoms with E-state index < -0.39 is 0 Å². The smallest absolute Gasteiger partial charge is 0.0916 e. The molecule has 2 aromatic rings. The van der Waals surface area contributed by atoms with Crippen LogP contribution in [0.1, 0.15) is 11.1 Å². The van der Waals surface area contributed by atoms with Crippen LogP contribution in [0.4, 0.5) is 0 Å². The van der Waals surface area contributed by atoms with Crippen LogP contribution in [0, 0.1) is 6.92 Å². The molecule has 0 amide bonds. The van der Waals surface area contributed by atoms with Crippen LogP contribution in [0.15, 0.2) is 24.5 Å². The Bertz CT molecular complexity index is 443. The number of halogens is 2. The lowest BCUT2D eigenvalue weighted by atomic mass is 10.1. The summed E-state index contributed by atoms with van der Waals surface area (Å²) in [6.07, 6.45) is 3.40. The fourth-order valence-corrected chi connectivity index (χ4v) is 1.55. The molecular formula is C10H10Cl2N2. The Morgan fingerprint density at radius 3 is 2.64 bits per heavy atom. The second kappa shape index (κ2) is 4.58. The van der Waals surface area contributed by atoms with Crippen molar-refractivity contribution in [1.29, 1.82) is 0 Å². The lowest BCUT2D eigenvalue weighted by Crippen LogP contribution is -1.88. The summed E-state index contributed by atoms with van der Waals surface area (Å²) in [6.45, 7) is 2.02. The number of hydrogen-bond acceptors (Lipinski definition) is 2. The molecule has 0 bridgehead atoms. The van der Waals surface area contributed by atoms with Gasteiger partial charge in [-0.05, 0) is 24.1 Å². The summed E-state index contributed by atoms with van der Waals surface area (Å²) < 4.78 is 0. The summed E-state index contributed by atoms with van der Waals surface area (Å²) in [6, 6.07) is 4.02. The van der Waals surface area contributed by atoms with Gasteiger partial charge in [0.1, 0.15) is 0 Å². The zero-order valence-corrected chi connectivity index (χ0v) is 9.27. The van der Waals surface area contributed by atoms with Crippen molar-refractivity contribution in [3.05, 3.63) is 35.7 Å². The molecule has 0 fully saturated rings. The Balaban J connectivity index is 0.000000980. The molecule has 0 aliphatic carbocycles. The highest BCUT2D eigenvalue weighted by Gasteiger charge is 2.01. The van der Waals surface area contributed by atoms with Gasteiger partial charge in [0.25, 0.3) is 0 Å². The van der Waals surface area contributed by atoms with Crippen LogP contribution in [-0.4, -0.2) is 9.97 Å². The third-order valence-electron chi connectivity index (χ3n) is 1.98. The van der Waals surface area contributed by atoms with E-state index >= 15 is 0 Å². The molecule has 0 spiro atoms. The van der Waals surface area contributed by atoms with Crippen LogP contribution < -0.4 is 0 Å². The highest BCUT2D eigenvalue weighted by molar-refractivity contribution is 6.17. The van der Waals surface area contributed by atoms with E-state index in [0.29, 0.717) is 5.88 Å². The summed E-state index contributed by atoms with van der Waals surface area (Å²) in [7, 11) is 0. The molecule has 1 aromatic carbocycles. The van der Waals surface area contributed by atoms with Gasteiger partial charge in [0.15, 0.2) is 0 Å². The summed E-state index contributed by atoms with van der Waals surface area (Å²) in [5, 5.41) is 0. The van der Waals surface area contributed by atoms with Crippen molar-refractivity contribution in [2.45, 2.75) is 12.8 Å². The second-order valence-corrected chi connectivity index (χ2v) is 3.24. The van der Waals surface area contributed by atoms with E-state index in [1.165, 1.54) is 0 Å². The predicted octanol–water partition coefficient (Wildman–Crippen LogP) is 3.10. The molecule has 0 saturated carbocycles. The zero-order chi connectivity index (χ0) is 9.26. The first-order valence-electron chi connectivity index (χ1n) is 4.07. The number of benzene rings is 1. The molecule has 0 aliphatic rings. The van der Waals surface area contributed by atoms with E-state index in [9.17, 15) is 0 Å². The highest BCUT2D eigenvalue weighted by Crippen LogP contribution is 2.17. The van der Waals surface area contributed by atoms with Crippen LogP contribution in [0.3, 0.4) is 0 Å². The van der Waals surface area contributed by atoms with Crippen molar-refractivity contribution in [1.82, 2.24) is 9.97 Å². The minimum atomic E-state index is 0. The van der Waals surface area contributed by atoms with Gasteiger partial charge in [0, 0.05) is 18.3 Å². The van der Waals surface area contributed by atoms with Crippen molar-refractivity contribution in [2.75, 3.05) is 0 Å². The molecule has 0 saturated heterocycles. The molecule has 0 atom stereocenters. The Labute approximate surface area is 93.7 Å². The molecule has 0 unspecified atom stereocenters. The van der Waals surface area contributed by atoms with E-state index in [-0.39, 0.29) is 12.4 Å². The molecule has 2 nitrogen and oxygen atoms in total. The quantitative estimate of drug-likeness (QED) is 0.702. The summed E-state index contributed by atoms with van der Waals surface area (Å²) in [5.41, 5.74) is 4.09. The molecule has 4 heteroatoms. The van der Waals surface area contributed by atoms with Gasteiger partial charge in [0.05, 0.1) is 11.0 Å². The fourth-order valence-electron chi connectivity index (χ4n) is 1.40. The molecule has 14 heavy (non-hydrogen) atoms. The Morgan fingerprint density at radius 1 is 1.21 bits per heavy atom. The van der Waals surface area contributed by atoms with Crippen molar-refractivity contribution >= 4 is 35.0 Å². The molecule has 0 aliphatic heterocycles. The van der Waals surface area contributed by atoms with Gasteiger partial charge >= 0.3 is 0 Å². The van der Waals surface area contributed by atoms with E-state index in [0.717, 1.165) is 22.2 Å². The van der Waals surface area contributed by atoms with E-state index in [2.05, 4.69) is 9.97 Å². The molecule has 2 rings (SSSR count). The maximum Gasteiger partial charge on any atom is 0.0916 e. The Morgan fingerprint density at radius 2 is 1.93 bits per heavy atom. The molecule has 1 aromatic heterocycles. The maximum atomic E-state index is 5.75. The van der Waals surface area contributed by atoms with Crippen molar-refractivity contribution < 1.29 is 0 Å². The molecule has 0 radical (unpaired) electrons. The number of aromatic nitrogens is 2. The van der Waals surface area contributed by atoms with Gasteiger partial charge < -0.3 is 0 Å². The molecular weight excluding hydrogens is 219 g/mol. The minimum Gasteiger partial charge on any atom is -0.253 e. The first-order chi connectivity index (χ1) is 6.31. The maximum absolute atomic E-state index is 5.75. The SMILES string of the molecule is Cc1cc(CCl)cc2nccnc12.Cl. The monoisotopic (exact) mass is 228 g/mol. The van der Waals surface area contributed by atoms with Crippen LogP contribution in [0.25, 0.3) is 11.0 Å². The summed E-state index contributed by atoms with van der Waals surface area (Å²) in [4.78, 5) is 8.48. The van der Waals surface area contributed by atoms with Crippen molar-refractivity contribution in [3.8, 4) is 0 Å². The van der Waals surface area contributed by atoms with Gasteiger partial charge in [-0.25, -0.2) is 0 Å². The Hall–Kier alpha value is -0.860. The predicted molar refractivity (Wildman–Crippen MR) is 61.1 cm³/mol. The van der Waals surface area contributed by atoms with Gasteiger partial charge in [-0.15, -0.1) is 24.0 Å². The largest absolute Gasteiger partial charge is 0.253 e. The molecule has 1 heterocycles. The highest BCUT2D eigenvalue weighted by atomic mass is 35.5. The van der Waals surface area contributed by atoms with Crippen LogP contribution in [0.5, 0.6) is 0 Å². The van der Waals surface area contributed by atoms with Gasteiger partial charge in [-0.1, -0.05) is 6.07 Å². The van der Waals surface area contributed by atoms with Gasteiger partial charge in [0.2, 0.25) is 0 Å². The van der Waals surface area contributed by atoms with E-state index in [1.807, 2.05) is 19.1 Å². The molecule has 74 valence electrons. The zero-order valence-electron chi connectivity index (χ0n) is 7.70. The lowest BCUT2D eigenvalue weighted by Gasteiger charge is -2.02. The third-order valence-corrected chi connectivity index (χ3v) is 2.29. The van der Waals surface area contributed by atoms with Gasteiger partial charge in [-0.3, -0.25) is 9.97 Å². The topological polar surface area (TPSA) is 25.8 Å². The number of hydrogen-bond donors (Lipinski definition) is 0. The second-order valence-electron chi connectivity index (χ2n) is 2.97. The molecule has 0 N–H and O–H groups in total. The number of fused-ring (bicyclic) bond motifs is 1. The third kappa shape index (κ3) is 1.97. The number of alkyl halides is 1. The average Bonchev–Trinajstić information content (AvgIpc) is 2.18. The van der Waals surface area contributed by atoms with Crippen LogP contribution in [0.2, 0.25) is 0 Å². The number of rotatable bonds is 1.